The van der Waals surface area contributed by atoms with Crippen LogP contribution in [0.2, 0.25) is 0 Å². The highest BCUT2D eigenvalue weighted by Crippen LogP contribution is 2.30. The minimum atomic E-state index is -2.24. The molecule has 0 fully saturated rings. The van der Waals surface area contributed by atoms with Crippen molar-refractivity contribution in [1.82, 2.24) is 4.98 Å². The first-order chi connectivity index (χ1) is 8.82. The van der Waals surface area contributed by atoms with E-state index in [1.54, 1.807) is 0 Å². The number of pyridine rings is 1. The van der Waals surface area contributed by atoms with Crippen molar-refractivity contribution in [2.75, 3.05) is 0 Å². The molecule has 0 aliphatic heterocycles. The number of H-pyrrole nitrogens is 1. The summed E-state index contributed by atoms with van der Waals surface area (Å²) >= 11 is 0. The summed E-state index contributed by atoms with van der Waals surface area (Å²) < 4.78 is 66.0. The lowest BCUT2D eigenvalue weighted by atomic mass is 10.0. The van der Waals surface area contributed by atoms with Gasteiger partial charge >= 0.3 is 0 Å². The van der Waals surface area contributed by atoms with E-state index in [0.717, 1.165) is 12.1 Å². The van der Waals surface area contributed by atoms with E-state index in [0.29, 0.717) is 0 Å². The minimum absolute atomic E-state index is 0.228. The Bertz CT molecular complexity index is 694. The predicted molar refractivity (Wildman–Crippen MR) is 57.0 cm³/mol. The van der Waals surface area contributed by atoms with Crippen LogP contribution in [-0.2, 0) is 0 Å². The molecule has 1 aromatic carbocycles. The van der Waals surface area contributed by atoms with Crippen molar-refractivity contribution in [3.05, 3.63) is 57.3 Å². The molecule has 1 N–H and O–H groups in total. The van der Waals surface area contributed by atoms with E-state index in [1.807, 2.05) is 0 Å². The first kappa shape index (κ1) is 13.3. The normalized spacial score (nSPS) is 10.8. The summed E-state index contributed by atoms with van der Waals surface area (Å²) in [7, 11) is 0. The molecule has 0 spiro atoms. The van der Waals surface area contributed by atoms with Gasteiger partial charge in [-0.2, -0.15) is 0 Å². The summed E-state index contributed by atoms with van der Waals surface area (Å²) in [6.07, 6.45) is 0. The lowest BCUT2D eigenvalue weighted by Gasteiger charge is -2.08. The molecular weight excluding hydrogens is 269 g/mol. The number of aromatic nitrogens is 1. The summed E-state index contributed by atoms with van der Waals surface area (Å²) in [5.41, 5.74) is -1.98. The fraction of sp³-hybridized carbons (Fsp3) is 0.0833. The van der Waals surface area contributed by atoms with E-state index < -0.39 is 40.2 Å². The number of rotatable bonds is 1. The maximum atomic E-state index is 13.5. The quantitative estimate of drug-likeness (QED) is 0.484. The van der Waals surface area contributed by atoms with Crippen LogP contribution >= 0.6 is 0 Å². The van der Waals surface area contributed by atoms with E-state index >= 15 is 0 Å². The number of nitrogens with one attached hydrogen (secondary N) is 1. The molecule has 2 rings (SSSR count). The molecule has 2 aromatic rings. The topological polar surface area (TPSA) is 32.9 Å². The third-order valence-corrected chi connectivity index (χ3v) is 2.48. The zero-order valence-electron chi connectivity index (χ0n) is 9.45. The SMILES string of the molecule is Cc1cc(-c2c(F)c(F)c(F)c(F)c2F)cc(=O)[nH]1. The van der Waals surface area contributed by atoms with Crippen molar-refractivity contribution in [1.29, 1.82) is 0 Å². The molecule has 0 radical (unpaired) electrons. The zero-order valence-corrected chi connectivity index (χ0v) is 9.45. The standard InChI is InChI=1S/C12H6F5NO/c1-4-2-5(3-6(19)18-4)7-8(13)10(15)12(17)11(16)9(7)14/h2-3H,1H3,(H,18,19). The van der Waals surface area contributed by atoms with E-state index in [1.165, 1.54) is 6.92 Å². The van der Waals surface area contributed by atoms with Gasteiger partial charge in [0.05, 0.1) is 5.56 Å². The number of aromatic amines is 1. The van der Waals surface area contributed by atoms with Crippen LogP contribution in [-0.4, -0.2) is 4.98 Å². The van der Waals surface area contributed by atoms with Crippen molar-refractivity contribution in [3.8, 4) is 11.1 Å². The Morgan fingerprint density at radius 2 is 1.32 bits per heavy atom. The zero-order chi connectivity index (χ0) is 14.3. The molecule has 0 saturated heterocycles. The Hall–Kier alpha value is -2.18. The molecule has 2 nitrogen and oxygen atoms in total. The second kappa shape index (κ2) is 4.49. The Balaban J connectivity index is 2.86. The molecule has 7 heteroatoms. The summed E-state index contributed by atoms with van der Waals surface area (Å²) in [6, 6.07) is 1.87. The van der Waals surface area contributed by atoms with Crippen molar-refractivity contribution >= 4 is 0 Å². The average molecular weight is 275 g/mol. The van der Waals surface area contributed by atoms with Gasteiger partial charge in [-0.05, 0) is 18.6 Å². The summed E-state index contributed by atoms with van der Waals surface area (Å²) in [6.45, 7) is 1.41. The first-order valence-corrected chi connectivity index (χ1v) is 5.05. The Morgan fingerprint density at radius 1 is 0.842 bits per heavy atom. The van der Waals surface area contributed by atoms with Crippen molar-refractivity contribution < 1.29 is 22.0 Å². The van der Waals surface area contributed by atoms with Crippen molar-refractivity contribution in [2.24, 2.45) is 0 Å². The molecule has 0 amide bonds. The van der Waals surface area contributed by atoms with Gasteiger partial charge in [-0.1, -0.05) is 0 Å². The van der Waals surface area contributed by atoms with Gasteiger partial charge in [-0.3, -0.25) is 4.79 Å². The monoisotopic (exact) mass is 275 g/mol. The molecule has 0 aliphatic rings. The fourth-order valence-corrected chi connectivity index (χ4v) is 1.69. The lowest BCUT2D eigenvalue weighted by Crippen LogP contribution is -2.09. The predicted octanol–water partition coefficient (Wildman–Crippen LogP) is 3.05. The summed E-state index contributed by atoms with van der Waals surface area (Å²) in [5.74, 6) is -10.3. The third kappa shape index (κ3) is 2.11. The average Bonchev–Trinajstić information content (AvgIpc) is 2.33. The smallest absolute Gasteiger partial charge is 0.248 e. The van der Waals surface area contributed by atoms with Gasteiger partial charge in [-0.15, -0.1) is 0 Å². The summed E-state index contributed by atoms with van der Waals surface area (Å²) in [4.78, 5) is 13.5. The Labute approximate surface area is 103 Å². The molecule has 0 aliphatic carbocycles. The van der Waals surface area contributed by atoms with Crippen molar-refractivity contribution in [2.45, 2.75) is 6.92 Å². The highest BCUT2D eigenvalue weighted by molar-refractivity contribution is 5.65. The maximum absolute atomic E-state index is 13.5. The number of hydrogen-bond acceptors (Lipinski definition) is 1. The van der Waals surface area contributed by atoms with Gasteiger partial charge in [-0.25, -0.2) is 22.0 Å². The molecular formula is C12H6F5NO. The van der Waals surface area contributed by atoms with E-state index in [4.69, 9.17) is 0 Å². The fourth-order valence-electron chi connectivity index (χ4n) is 1.69. The summed E-state index contributed by atoms with van der Waals surface area (Å²) in [5, 5.41) is 0. The number of halogens is 5. The molecule has 1 heterocycles. The van der Waals surface area contributed by atoms with E-state index in [2.05, 4.69) is 4.98 Å². The molecule has 100 valence electrons. The molecule has 1 aromatic heterocycles. The largest absolute Gasteiger partial charge is 0.326 e. The van der Waals surface area contributed by atoms with Crippen molar-refractivity contribution in [3.63, 3.8) is 0 Å². The third-order valence-electron chi connectivity index (χ3n) is 2.48. The van der Waals surface area contributed by atoms with Crippen LogP contribution in [0.25, 0.3) is 11.1 Å². The number of benzene rings is 1. The van der Waals surface area contributed by atoms with Crippen LogP contribution in [0.4, 0.5) is 22.0 Å². The Morgan fingerprint density at radius 3 is 1.79 bits per heavy atom. The van der Waals surface area contributed by atoms with Gasteiger partial charge in [0.25, 0.3) is 0 Å². The Kier molecular flexibility index (Phi) is 3.13. The van der Waals surface area contributed by atoms with Crippen LogP contribution < -0.4 is 5.56 Å². The minimum Gasteiger partial charge on any atom is -0.326 e. The highest BCUT2D eigenvalue weighted by atomic mass is 19.2. The van der Waals surface area contributed by atoms with Crippen LogP contribution in [0.15, 0.2) is 16.9 Å². The van der Waals surface area contributed by atoms with Crippen LogP contribution in [0.3, 0.4) is 0 Å². The van der Waals surface area contributed by atoms with Gasteiger partial charge in [0.15, 0.2) is 23.3 Å². The molecule has 0 saturated carbocycles. The highest BCUT2D eigenvalue weighted by Gasteiger charge is 2.26. The van der Waals surface area contributed by atoms with Crippen LogP contribution in [0.1, 0.15) is 5.69 Å². The number of hydrogen-bond donors (Lipinski definition) is 1. The molecule has 0 unspecified atom stereocenters. The molecule has 0 atom stereocenters. The van der Waals surface area contributed by atoms with E-state index in [9.17, 15) is 26.7 Å². The second-order valence-corrected chi connectivity index (χ2v) is 3.86. The second-order valence-electron chi connectivity index (χ2n) is 3.86. The first-order valence-electron chi connectivity index (χ1n) is 5.05. The van der Waals surface area contributed by atoms with Crippen LogP contribution in [0, 0.1) is 36.0 Å². The molecule has 0 bridgehead atoms. The van der Waals surface area contributed by atoms with Gasteiger partial charge in [0.1, 0.15) is 0 Å². The van der Waals surface area contributed by atoms with E-state index in [-0.39, 0.29) is 11.3 Å². The molecule has 19 heavy (non-hydrogen) atoms. The van der Waals surface area contributed by atoms with Gasteiger partial charge < -0.3 is 4.98 Å². The van der Waals surface area contributed by atoms with Gasteiger partial charge in [0, 0.05) is 11.8 Å². The van der Waals surface area contributed by atoms with Crippen LogP contribution in [0.5, 0.6) is 0 Å². The number of aryl methyl sites for hydroxylation is 1. The lowest BCUT2D eigenvalue weighted by molar-refractivity contribution is 0.381. The maximum Gasteiger partial charge on any atom is 0.248 e. The van der Waals surface area contributed by atoms with Gasteiger partial charge in [0.2, 0.25) is 11.4 Å².